The second-order valence-electron chi connectivity index (χ2n) is 3.27. The normalized spacial score (nSPS) is 13.8. The van der Waals surface area contributed by atoms with Crippen molar-refractivity contribution in [1.29, 1.82) is 0 Å². The first kappa shape index (κ1) is 11.9. The van der Waals surface area contributed by atoms with Crippen LogP contribution in [0.3, 0.4) is 0 Å². The maximum atomic E-state index is 5.54. The van der Waals surface area contributed by atoms with Gasteiger partial charge in [0.15, 0.2) is 0 Å². The van der Waals surface area contributed by atoms with Crippen LogP contribution in [0.1, 0.15) is 19.8 Å². The van der Waals surface area contributed by atoms with Gasteiger partial charge in [-0.25, -0.2) is 0 Å². The molecule has 0 radical (unpaired) electrons. The van der Waals surface area contributed by atoms with Gasteiger partial charge in [-0.2, -0.15) is 0 Å². The van der Waals surface area contributed by atoms with Crippen molar-refractivity contribution >= 4 is 0 Å². The quantitative estimate of drug-likeness (QED) is 0.577. The molecule has 0 rings (SSSR count). The van der Waals surface area contributed by atoms with Crippen LogP contribution in [0.2, 0.25) is 0 Å². The largest absolute Gasteiger partial charge is 0.385 e. The molecule has 0 aliphatic heterocycles. The summed E-state index contributed by atoms with van der Waals surface area (Å²) in [4.78, 5) is 2.29. The number of nitrogens with zero attached hydrogens (tertiary/aromatic N) is 1. The molecule has 0 aliphatic rings. The van der Waals surface area contributed by atoms with Crippen LogP contribution >= 0.6 is 0 Å². The second-order valence-corrected chi connectivity index (χ2v) is 3.27. The van der Waals surface area contributed by atoms with Crippen LogP contribution in [-0.2, 0) is 4.74 Å². The first-order valence-corrected chi connectivity index (χ1v) is 4.61. The highest BCUT2D eigenvalue weighted by Crippen LogP contribution is 1.97. The lowest BCUT2D eigenvalue weighted by molar-refractivity contribution is 0.182. The van der Waals surface area contributed by atoms with Crippen LogP contribution < -0.4 is 5.73 Å². The van der Waals surface area contributed by atoms with Gasteiger partial charge in [-0.15, -0.1) is 0 Å². The number of hydrogen-bond donors (Lipinski definition) is 1. The van der Waals surface area contributed by atoms with E-state index in [1.807, 2.05) is 0 Å². The Bertz CT molecular complexity index is 98.5. The zero-order valence-corrected chi connectivity index (χ0v) is 8.55. The Morgan fingerprint density at radius 3 is 2.58 bits per heavy atom. The number of ether oxygens (including phenoxy) is 1. The van der Waals surface area contributed by atoms with Gasteiger partial charge in [0.25, 0.3) is 0 Å². The molecule has 1 atom stereocenters. The Labute approximate surface area is 75.9 Å². The van der Waals surface area contributed by atoms with Crippen molar-refractivity contribution in [3.63, 3.8) is 0 Å². The molecule has 74 valence electrons. The van der Waals surface area contributed by atoms with E-state index in [4.69, 9.17) is 10.5 Å². The van der Waals surface area contributed by atoms with Crippen LogP contribution in [0.25, 0.3) is 0 Å². The summed E-state index contributed by atoms with van der Waals surface area (Å²) in [5, 5.41) is 0. The van der Waals surface area contributed by atoms with E-state index in [-0.39, 0.29) is 0 Å². The maximum absolute atomic E-state index is 5.54. The average Bonchev–Trinajstić information content (AvgIpc) is 2.10. The van der Waals surface area contributed by atoms with Gasteiger partial charge >= 0.3 is 0 Å². The van der Waals surface area contributed by atoms with Gasteiger partial charge in [-0.1, -0.05) is 0 Å². The highest BCUT2D eigenvalue weighted by atomic mass is 16.5. The minimum Gasteiger partial charge on any atom is -0.385 e. The average molecular weight is 174 g/mol. The van der Waals surface area contributed by atoms with E-state index in [1.165, 1.54) is 6.42 Å². The number of hydrogen-bond acceptors (Lipinski definition) is 3. The zero-order valence-electron chi connectivity index (χ0n) is 8.55. The summed E-state index contributed by atoms with van der Waals surface area (Å²) in [6, 6.07) is 0.493. The van der Waals surface area contributed by atoms with Gasteiger partial charge < -0.3 is 15.4 Å². The highest BCUT2D eigenvalue weighted by molar-refractivity contribution is 4.62. The minimum atomic E-state index is 0.493. The van der Waals surface area contributed by atoms with Crippen LogP contribution in [0.5, 0.6) is 0 Å². The summed E-state index contributed by atoms with van der Waals surface area (Å²) in [6.07, 6.45) is 2.33. The third-order valence-corrected chi connectivity index (χ3v) is 2.20. The molecule has 0 aromatic heterocycles. The predicted molar refractivity (Wildman–Crippen MR) is 52.3 cm³/mol. The number of nitrogens with two attached hydrogens (primary N) is 1. The number of likely N-dealkylation sites (N-methyl/N-ethyl adjacent to an activating group) is 1. The minimum absolute atomic E-state index is 0.493. The van der Waals surface area contributed by atoms with Gasteiger partial charge in [0.1, 0.15) is 0 Å². The third-order valence-electron chi connectivity index (χ3n) is 2.20. The van der Waals surface area contributed by atoms with Crippen LogP contribution in [0.15, 0.2) is 0 Å². The molecule has 0 aromatic carbocycles. The molecule has 0 amide bonds. The second kappa shape index (κ2) is 7.53. The standard InChI is InChI=1S/C9H22N2O/c1-9(8-10)11(2)6-4-5-7-12-3/h9H,4-8,10H2,1-3H3. The molecule has 0 aliphatic carbocycles. The van der Waals surface area contributed by atoms with Crippen LogP contribution in [0, 0.1) is 0 Å². The van der Waals surface area contributed by atoms with Crippen molar-refractivity contribution in [2.24, 2.45) is 5.73 Å². The SMILES string of the molecule is COCCCCN(C)C(C)CN. The van der Waals surface area contributed by atoms with E-state index in [0.717, 1.165) is 26.1 Å². The molecule has 12 heavy (non-hydrogen) atoms. The molecule has 3 heteroatoms. The topological polar surface area (TPSA) is 38.5 Å². The molecule has 0 spiro atoms. The molecule has 3 nitrogen and oxygen atoms in total. The summed E-state index contributed by atoms with van der Waals surface area (Å²) in [7, 11) is 3.86. The molecule has 2 N–H and O–H groups in total. The maximum Gasteiger partial charge on any atom is 0.0462 e. The lowest BCUT2D eigenvalue weighted by Gasteiger charge is -2.22. The van der Waals surface area contributed by atoms with Crippen molar-refractivity contribution in [2.75, 3.05) is 33.9 Å². The van der Waals surface area contributed by atoms with Gasteiger partial charge in [0, 0.05) is 26.3 Å². The zero-order chi connectivity index (χ0) is 9.40. The smallest absolute Gasteiger partial charge is 0.0462 e. The van der Waals surface area contributed by atoms with Crippen LogP contribution in [0.4, 0.5) is 0 Å². The lowest BCUT2D eigenvalue weighted by Crippen LogP contribution is -2.35. The molecular weight excluding hydrogens is 152 g/mol. The van der Waals surface area contributed by atoms with Crippen LogP contribution in [-0.4, -0.2) is 44.8 Å². The van der Waals surface area contributed by atoms with E-state index in [1.54, 1.807) is 7.11 Å². The molecule has 1 unspecified atom stereocenters. The summed E-state index contributed by atoms with van der Waals surface area (Å²) in [5.41, 5.74) is 5.54. The van der Waals surface area contributed by atoms with Gasteiger partial charge in [-0.3, -0.25) is 0 Å². The van der Waals surface area contributed by atoms with E-state index < -0.39 is 0 Å². The van der Waals surface area contributed by atoms with Crippen molar-refractivity contribution in [3.05, 3.63) is 0 Å². The van der Waals surface area contributed by atoms with Crippen molar-refractivity contribution in [2.45, 2.75) is 25.8 Å². The summed E-state index contributed by atoms with van der Waals surface area (Å²) >= 11 is 0. The Hall–Kier alpha value is -0.120. The van der Waals surface area contributed by atoms with E-state index in [9.17, 15) is 0 Å². The number of unbranched alkanes of at least 4 members (excludes halogenated alkanes) is 1. The van der Waals surface area contributed by atoms with Crippen molar-refractivity contribution in [3.8, 4) is 0 Å². The van der Waals surface area contributed by atoms with Crippen molar-refractivity contribution < 1.29 is 4.74 Å². The molecule has 0 bridgehead atoms. The van der Waals surface area contributed by atoms with Gasteiger partial charge in [0.2, 0.25) is 0 Å². The fourth-order valence-electron chi connectivity index (χ4n) is 1.01. The monoisotopic (exact) mass is 174 g/mol. The van der Waals surface area contributed by atoms with Gasteiger partial charge in [0.05, 0.1) is 0 Å². The molecule has 0 saturated heterocycles. The predicted octanol–water partition coefficient (Wildman–Crippen LogP) is 0.692. The Kier molecular flexibility index (Phi) is 7.45. The Balaban J connectivity index is 3.24. The first-order valence-electron chi connectivity index (χ1n) is 4.61. The third kappa shape index (κ3) is 5.52. The van der Waals surface area contributed by atoms with Gasteiger partial charge in [-0.05, 0) is 33.4 Å². The van der Waals surface area contributed by atoms with Crippen molar-refractivity contribution in [1.82, 2.24) is 4.90 Å². The number of rotatable bonds is 7. The van der Waals surface area contributed by atoms with E-state index >= 15 is 0 Å². The van der Waals surface area contributed by atoms with E-state index in [2.05, 4.69) is 18.9 Å². The molecular formula is C9H22N2O. The molecule has 0 fully saturated rings. The highest BCUT2D eigenvalue weighted by Gasteiger charge is 2.04. The lowest BCUT2D eigenvalue weighted by atomic mass is 10.2. The molecule has 0 saturated carbocycles. The Morgan fingerprint density at radius 1 is 1.42 bits per heavy atom. The fourth-order valence-corrected chi connectivity index (χ4v) is 1.01. The molecule has 0 aromatic rings. The first-order chi connectivity index (χ1) is 5.72. The summed E-state index contributed by atoms with van der Waals surface area (Å²) in [6.45, 7) is 4.86. The van der Waals surface area contributed by atoms with E-state index in [0.29, 0.717) is 6.04 Å². The summed E-state index contributed by atoms with van der Waals surface area (Å²) in [5.74, 6) is 0. The number of methoxy groups -OCH3 is 1. The fraction of sp³-hybridized carbons (Fsp3) is 1.00. The summed E-state index contributed by atoms with van der Waals surface area (Å²) < 4.78 is 4.97. The molecule has 0 heterocycles. The Morgan fingerprint density at radius 2 is 2.08 bits per heavy atom.